The average Bonchev–Trinajstić information content (AvgIpc) is 0.811. The van der Waals surface area contributed by atoms with Crippen LogP contribution in [0.25, 0.3) is 0 Å². The number of hydrogen-bond acceptors (Lipinski definition) is 2. The van der Waals surface area contributed by atoms with Gasteiger partial charge in [-0.1, -0.05) is 0 Å². The third-order valence-corrected chi connectivity index (χ3v) is 0. The third kappa shape index (κ3) is 66.3. The molecule has 0 aromatic heterocycles. The number of nitrogens with zero attached hydrogens (tertiary/aromatic N) is 1. The van der Waals surface area contributed by atoms with Gasteiger partial charge in [0.2, 0.25) is 0 Å². The van der Waals surface area contributed by atoms with E-state index < -0.39 is 5.09 Å². The molecule has 0 aliphatic carbocycles. The molecule has 6 heavy (non-hydrogen) atoms. The van der Waals surface area contributed by atoms with Gasteiger partial charge in [-0.05, 0) is 0 Å². The quantitative estimate of drug-likeness (QED) is 0.345. The summed E-state index contributed by atoms with van der Waals surface area (Å²) in [7, 11) is 0. The van der Waals surface area contributed by atoms with Crippen LogP contribution in [-0.2, 0) is 0 Å². The van der Waals surface area contributed by atoms with E-state index in [4.69, 9.17) is 15.3 Å². The van der Waals surface area contributed by atoms with Gasteiger partial charge in [0.15, 0.2) is 0 Å². The van der Waals surface area contributed by atoms with E-state index in [1.165, 1.54) is 0 Å². The van der Waals surface area contributed by atoms with E-state index >= 15 is 0 Å². The second-order valence-corrected chi connectivity index (χ2v) is 0.238. The number of rotatable bonds is 0. The van der Waals surface area contributed by atoms with E-state index in [2.05, 4.69) is 0 Å². The van der Waals surface area contributed by atoms with Crippen LogP contribution >= 0.6 is 0 Å². The van der Waals surface area contributed by atoms with Crippen molar-refractivity contribution < 1.29 is 48.7 Å². The van der Waals surface area contributed by atoms with Gasteiger partial charge in [0, 0.05) is 35.6 Å². The topological polar surface area (TPSA) is 63.4 Å². The maximum absolute atomic E-state index is 8.36. The van der Waals surface area contributed by atoms with Crippen LogP contribution in [0, 0.1) is 45.7 Å². The van der Waals surface area contributed by atoms with Gasteiger partial charge in [0.05, 0.1) is 0 Å². The number of hydrogen-bond donors (Lipinski definition) is 1. The van der Waals surface area contributed by atoms with E-state index in [0.29, 0.717) is 0 Å². The summed E-state index contributed by atoms with van der Waals surface area (Å²) >= 11 is 0. The Kier molecular flexibility index (Phi) is 24.8. The minimum absolute atomic E-state index is 0. The first-order valence-corrected chi connectivity index (χ1v) is 0.565. The van der Waals surface area contributed by atoms with Crippen LogP contribution in [0.5, 0.6) is 0 Å². The molecule has 1 N–H and O–H groups in total. The van der Waals surface area contributed by atoms with Crippen LogP contribution in [0.1, 0.15) is 2.85 Å². The average molecular weight is 228 g/mol. The van der Waals surface area contributed by atoms with Gasteiger partial charge in [0.25, 0.3) is 5.09 Å². The van der Waals surface area contributed by atoms with Gasteiger partial charge >= 0.3 is 23.1 Å². The Morgan fingerprint density at radius 3 is 1.83 bits per heavy atom. The standard InChI is InChI=1S/La.Mg.HNO3.2H/c;;2-1(3)4;;/h;;(H,2,3,4);;/q;+2;;2*-1. The van der Waals surface area contributed by atoms with Crippen LogP contribution in [0.2, 0.25) is 0 Å². The Balaban J connectivity index is -0.00000000750. The van der Waals surface area contributed by atoms with Crippen LogP contribution in [-0.4, -0.2) is 33.3 Å². The molecular formula is H3LaMgNO3. The maximum Gasteiger partial charge on any atom is 2.00 e. The van der Waals surface area contributed by atoms with Gasteiger partial charge in [-0.2, -0.15) is 0 Å². The van der Waals surface area contributed by atoms with Crippen LogP contribution in [0.15, 0.2) is 0 Å². The molecule has 0 aliphatic rings. The molecule has 0 heterocycles. The summed E-state index contributed by atoms with van der Waals surface area (Å²) in [4.78, 5) is 8.36. The minimum atomic E-state index is -1.50. The van der Waals surface area contributed by atoms with E-state index in [1.54, 1.807) is 0 Å². The molecule has 0 bridgehead atoms. The zero-order chi connectivity index (χ0) is 3.58. The Hall–Kier alpha value is 1.16. The van der Waals surface area contributed by atoms with E-state index in [1.807, 2.05) is 0 Å². The molecule has 0 aromatic rings. The van der Waals surface area contributed by atoms with Crippen molar-refractivity contribution in [1.29, 1.82) is 0 Å². The van der Waals surface area contributed by atoms with Crippen molar-refractivity contribution in [2.24, 2.45) is 0 Å². The molecule has 0 saturated carbocycles. The maximum atomic E-state index is 8.36. The summed E-state index contributed by atoms with van der Waals surface area (Å²) in [5, 5.41) is 13.6. The van der Waals surface area contributed by atoms with E-state index in [0.717, 1.165) is 0 Å². The first-order chi connectivity index (χ1) is 1.73. The van der Waals surface area contributed by atoms with Crippen molar-refractivity contribution in [3.8, 4) is 0 Å². The Morgan fingerprint density at radius 1 is 1.83 bits per heavy atom. The third-order valence-electron chi connectivity index (χ3n) is 0. The molecule has 4 nitrogen and oxygen atoms in total. The molecule has 0 spiro atoms. The zero-order valence-electron chi connectivity index (χ0n) is 5.00. The molecule has 0 saturated heterocycles. The van der Waals surface area contributed by atoms with Crippen LogP contribution in [0.3, 0.4) is 0 Å². The smallest absolute Gasteiger partial charge is 1.00 e. The fourth-order valence-corrected chi connectivity index (χ4v) is 0. The Labute approximate surface area is 81.1 Å². The van der Waals surface area contributed by atoms with Crippen molar-refractivity contribution in [1.82, 2.24) is 0 Å². The van der Waals surface area contributed by atoms with Crippen molar-refractivity contribution in [3.63, 3.8) is 0 Å². The van der Waals surface area contributed by atoms with Gasteiger partial charge < -0.3 is 8.06 Å². The molecule has 0 rings (SSSR count). The summed E-state index contributed by atoms with van der Waals surface area (Å²) < 4.78 is 0. The van der Waals surface area contributed by atoms with Gasteiger partial charge in [0.1, 0.15) is 0 Å². The van der Waals surface area contributed by atoms with E-state index in [9.17, 15) is 0 Å². The summed E-state index contributed by atoms with van der Waals surface area (Å²) in [6.07, 6.45) is 0. The first kappa shape index (κ1) is 15.7. The molecular weight excluding hydrogens is 225 g/mol. The molecule has 0 atom stereocenters. The summed E-state index contributed by atoms with van der Waals surface area (Å²) in [5.41, 5.74) is 0. The van der Waals surface area contributed by atoms with Crippen LogP contribution in [0.4, 0.5) is 0 Å². The second kappa shape index (κ2) is 9.48. The summed E-state index contributed by atoms with van der Waals surface area (Å²) in [6.45, 7) is 0. The van der Waals surface area contributed by atoms with Crippen molar-refractivity contribution in [2.45, 2.75) is 0 Å². The molecule has 31 valence electrons. The normalized spacial score (nSPS) is 4.00. The van der Waals surface area contributed by atoms with Crippen molar-refractivity contribution >= 4 is 23.1 Å². The van der Waals surface area contributed by atoms with Gasteiger partial charge in [-0.3, -0.25) is 0 Å². The molecule has 0 aromatic carbocycles. The summed E-state index contributed by atoms with van der Waals surface area (Å²) in [6, 6.07) is 0. The zero-order valence-corrected chi connectivity index (χ0v) is 8.04. The predicted octanol–water partition coefficient (Wildman–Crippen LogP) is -0.504. The largest absolute Gasteiger partial charge is 2.00 e. The second-order valence-electron chi connectivity index (χ2n) is 0.238. The fraction of sp³-hybridized carbons (Fsp3) is 0. The monoisotopic (exact) mass is 228 g/mol. The molecule has 6 heteroatoms. The molecule has 0 fully saturated rings. The van der Waals surface area contributed by atoms with Gasteiger partial charge in [-0.15, -0.1) is 10.1 Å². The molecule has 1 radical (unpaired) electrons. The predicted molar refractivity (Wildman–Crippen MR) is 16.8 cm³/mol. The molecule has 0 amide bonds. The van der Waals surface area contributed by atoms with Crippen molar-refractivity contribution in [2.75, 3.05) is 0 Å². The Bertz CT molecular complexity index is 40.3. The van der Waals surface area contributed by atoms with Gasteiger partial charge in [-0.25, -0.2) is 0 Å². The molecule has 0 aliphatic heterocycles. The first-order valence-electron chi connectivity index (χ1n) is 0.565. The van der Waals surface area contributed by atoms with Crippen LogP contribution < -0.4 is 0 Å². The molecule has 0 unspecified atom stereocenters. The Morgan fingerprint density at radius 2 is 1.83 bits per heavy atom. The SMILES string of the molecule is O=[N+]([O-])O.[H-].[H-].[La].[Mg+2]. The summed E-state index contributed by atoms with van der Waals surface area (Å²) in [5.74, 6) is 0. The van der Waals surface area contributed by atoms with E-state index in [-0.39, 0.29) is 61.5 Å². The fourth-order valence-electron chi connectivity index (χ4n) is 0. The van der Waals surface area contributed by atoms with Crippen molar-refractivity contribution in [3.05, 3.63) is 10.1 Å². The minimum Gasteiger partial charge on any atom is -1.00 e.